The highest BCUT2D eigenvalue weighted by atomic mass is 35.5. The van der Waals surface area contributed by atoms with Gasteiger partial charge < -0.3 is 15.1 Å². The Bertz CT molecular complexity index is 1110. The Hall–Kier alpha value is -3.12. The third kappa shape index (κ3) is 5.19. The van der Waals surface area contributed by atoms with Crippen molar-refractivity contribution in [2.24, 2.45) is 0 Å². The number of hydrogen-bond acceptors (Lipinski definition) is 4. The molecule has 1 N–H and O–H groups in total. The molecule has 0 bridgehead atoms. The second-order valence-electron chi connectivity index (χ2n) is 8.24. The van der Waals surface area contributed by atoms with Crippen LogP contribution in [0.3, 0.4) is 0 Å². The molecular formula is C25H28ClN5O. The maximum absolute atomic E-state index is 12.7. The minimum absolute atomic E-state index is 0.109. The van der Waals surface area contributed by atoms with Crippen molar-refractivity contribution in [3.63, 3.8) is 0 Å². The number of carbonyl (C=O) groups is 1. The highest BCUT2D eigenvalue weighted by Gasteiger charge is 2.25. The Morgan fingerprint density at radius 2 is 1.72 bits per heavy atom. The molecule has 1 saturated heterocycles. The number of rotatable bonds is 4. The number of benzene rings is 2. The SMILES string of the molecule is Cc1ccc(Cc2c(C)nc(C)nc2N2CCN(C(=O)Nc3cccc(Cl)c3)CC2)cc1. The molecule has 0 aliphatic carbocycles. The van der Waals surface area contributed by atoms with Gasteiger partial charge in [0, 0.05) is 54.6 Å². The Morgan fingerprint density at radius 3 is 2.41 bits per heavy atom. The quantitative estimate of drug-likeness (QED) is 0.608. The Balaban J connectivity index is 1.47. The van der Waals surface area contributed by atoms with Gasteiger partial charge in [0.05, 0.1) is 0 Å². The van der Waals surface area contributed by atoms with Crippen molar-refractivity contribution in [3.8, 4) is 0 Å². The molecule has 0 saturated carbocycles. The number of hydrogen-bond donors (Lipinski definition) is 1. The summed E-state index contributed by atoms with van der Waals surface area (Å²) < 4.78 is 0. The fraction of sp³-hybridized carbons (Fsp3) is 0.320. The normalized spacial score (nSPS) is 13.9. The van der Waals surface area contributed by atoms with Crippen LogP contribution in [0.1, 0.15) is 28.2 Å². The average Bonchev–Trinajstić information content (AvgIpc) is 2.77. The van der Waals surface area contributed by atoms with Gasteiger partial charge in [-0.25, -0.2) is 14.8 Å². The van der Waals surface area contributed by atoms with Crippen LogP contribution in [0.5, 0.6) is 0 Å². The van der Waals surface area contributed by atoms with Gasteiger partial charge in [0.2, 0.25) is 0 Å². The Morgan fingerprint density at radius 1 is 1.00 bits per heavy atom. The minimum Gasteiger partial charge on any atom is -0.353 e. The van der Waals surface area contributed by atoms with Crippen LogP contribution < -0.4 is 10.2 Å². The second-order valence-corrected chi connectivity index (χ2v) is 8.67. The summed E-state index contributed by atoms with van der Waals surface area (Å²) >= 11 is 6.02. The van der Waals surface area contributed by atoms with Crippen LogP contribution in [0.4, 0.5) is 16.3 Å². The van der Waals surface area contributed by atoms with Crippen molar-refractivity contribution in [1.82, 2.24) is 14.9 Å². The number of amides is 2. The molecule has 1 aliphatic heterocycles. The first-order valence-corrected chi connectivity index (χ1v) is 11.2. The summed E-state index contributed by atoms with van der Waals surface area (Å²) in [4.78, 5) is 26.2. The third-order valence-corrected chi connectivity index (χ3v) is 5.98. The largest absolute Gasteiger partial charge is 0.353 e. The lowest BCUT2D eigenvalue weighted by Gasteiger charge is -2.36. The van der Waals surface area contributed by atoms with E-state index in [1.54, 1.807) is 12.1 Å². The number of halogens is 1. The summed E-state index contributed by atoms with van der Waals surface area (Å²) in [5.41, 5.74) is 5.35. The van der Waals surface area contributed by atoms with Crippen LogP contribution in [0.2, 0.25) is 5.02 Å². The monoisotopic (exact) mass is 449 g/mol. The lowest BCUT2D eigenvalue weighted by atomic mass is 10.0. The van der Waals surface area contributed by atoms with Gasteiger partial charge in [0.15, 0.2) is 0 Å². The van der Waals surface area contributed by atoms with Gasteiger partial charge in [-0.05, 0) is 44.5 Å². The first-order chi connectivity index (χ1) is 15.4. The van der Waals surface area contributed by atoms with Crippen molar-refractivity contribution < 1.29 is 4.79 Å². The standard InChI is InChI=1S/C25H28ClN5O/c1-17-7-9-20(10-8-17)15-23-18(2)27-19(3)28-24(23)30-11-13-31(14-12-30)25(32)29-22-6-4-5-21(26)16-22/h4-10,16H,11-15H2,1-3H3,(H,29,32). The van der Waals surface area contributed by atoms with Gasteiger partial charge in [-0.1, -0.05) is 47.5 Å². The van der Waals surface area contributed by atoms with E-state index in [4.69, 9.17) is 16.6 Å². The number of carbonyl (C=O) groups excluding carboxylic acids is 1. The van der Waals surface area contributed by atoms with Crippen molar-refractivity contribution in [2.75, 3.05) is 36.4 Å². The van der Waals surface area contributed by atoms with Gasteiger partial charge in [-0.15, -0.1) is 0 Å². The van der Waals surface area contributed by atoms with Crippen LogP contribution in [-0.2, 0) is 6.42 Å². The lowest BCUT2D eigenvalue weighted by Crippen LogP contribution is -2.50. The van der Waals surface area contributed by atoms with E-state index in [1.165, 1.54) is 11.1 Å². The fourth-order valence-electron chi connectivity index (χ4n) is 3.99. The zero-order valence-corrected chi connectivity index (χ0v) is 19.5. The summed E-state index contributed by atoms with van der Waals surface area (Å²) in [5.74, 6) is 1.75. The molecule has 2 heterocycles. The maximum Gasteiger partial charge on any atom is 0.321 e. The summed E-state index contributed by atoms with van der Waals surface area (Å²) in [7, 11) is 0. The molecule has 0 radical (unpaired) electrons. The van der Waals surface area contributed by atoms with Gasteiger partial charge in [0.25, 0.3) is 0 Å². The molecule has 0 unspecified atom stereocenters. The highest BCUT2D eigenvalue weighted by Crippen LogP contribution is 2.25. The molecule has 7 heteroatoms. The van der Waals surface area contributed by atoms with Crippen molar-refractivity contribution in [1.29, 1.82) is 0 Å². The number of anilines is 2. The topological polar surface area (TPSA) is 61.4 Å². The predicted molar refractivity (Wildman–Crippen MR) is 130 cm³/mol. The van der Waals surface area contributed by atoms with E-state index in [2.05, 4.69) is 53.3 Å². The first-order valence-electron chi connectivity index (χ1n) is 10.8. The molecule has 2 aromatic carbocycles. The Kier molecular flexibility index (Phi) is 6.61. The fourth-order valence-corrected chi connectivity index (χ4v) is 4.18. The van der Waals surface area contributed by atoms with Crippen LogP contribution >= 0.6 is 11.6 Å². The summed E-state index contributed by atoms with van der Waals surface area (Å²) in [6.07, 6.45) is 0.789. The number of nitrogens with one attached hydrogen (secondary N) is 1. The number of aryl methyl sites for hydroxylation is 3. The van der Waals surface area contributed by atoms with Gasteiger partial charge in [-0.2, -0.15) is 0 Å². The molecular weight excluding hydrogens is 422 g/mol. The van der Waals surface area contributed by atoms with E-state index in [-0.39, 0.29) is 6.03 Å². The summed E-state index contributed by atoms with van der Waals surface area (Å²) in [6.45, 7) is 8.77. The van der Waals surface area contributed by atoms with Crippen LogP contribution in [-0.4, -0.2) is 47.1 Å². The van der Waals surface area contributed by atoms with Crippen LogP contribution in [0.25, 0.3) is 0 Å². The molecule has 0 spiro atoms. The molecule has 4 rings (SSSR count). The molecule has 32 heavy (non-hydrogen) atoms. The zero-order chi connectivity index (χ0) is 22.7. The molecule has 3 aromatic rings. The maximum atomic E-state index is 12.7. The van der Waals surface area contributed by atoms with Gasteiger partial charge >= 0.3 is 6.03 Å². The van der Waals surface area contributed by atoms with E-state index in [9.17, 15) is 4.79 Å². The molecule has 1 aromatic heterocycles. The second kappa shape index (κ2) is 9.57. The number of nitrogens with zero attached hydrogens (tertiary/aromatic N) is 4. The molecule has 1 aliphatic rings. The number of urea groups is 1. The van der Waals surface area contributed by atoms with Gasteiger partial charge in [0.1, 0.15) is 11.6 Å². The molecule has 166 valence electrons. The smallest absolute Gasteiger partial charge is 0.321 e. The first kappa shape index (κ1) is 22.1. The Labute approximate surface area is 194 Å². The van der Waals surface area contributed by atoms with E-state index in [1.807, 2.05) is 24.0 Å². The van der Waals surface area contributed by atoms with Crippen LogP contribution in [0.15, 0.2) is 48.5 Å². The summed E-state index contributed by atoms with van der Waals surface area (Å²) in [5, 5.41) is 3.53. The molecule has 0 atom stereocenters. The average molecular weight is 450 g/mol. The van der Waals surface area contributed by atoms with Crippen molar-refractivity contribution >= 4 is 29.1 Å². The van der Waals surface area contributed by atoms with Gasteiger partial charge in [-0.3, -0.25) is 0 Å². The van der Waals surface area contributed by atoms with E-state index >= 15 is 0 Å². The molecule has 2 amide bonds. The zero-order valence-electron chi connectivity index (χ0n) is 18.7. The summed E-state index contributed by atoms with van der Waals surface area (Å²) in [6, 6.07) is 15.7. The van der Waals surface area contributed by atoms with Crippen molar-refractivity contribution in [2.45, 2.75) is 27.2 Å². The van der Waals surface area contributed by atoms with Crippen molar-refractivity contribution in [3.05, 3.63) is 81.8 Å². The predicted octanol–water partition coefficient (Wildman–Crippen LogP) is 5.00. The minimum atomic E-state index is -0.109. The molecule has 1 fully saturated rings. The number of aromatic nitrogens is 2. The highest BCUT2D eigenvalue weighted by molar-refractivity contribution is 6.30. The third-order valence-electron chi connectivity index (χ3n) is 5.75. The lowest BCUT2D eigenvalue weighted by molar-refractivity contribution is 0.208. The van der Waals surface area contributed by atoms with E-state index in [0.29, 0.717) is 23.8 Å². The van der Waals surface area contributed by atoms with E-state index in [0.717, 1.165) is 42.4 Å². The van der Waals surface area contributed by atoms with E-state index < -0.39 is 0 Å². The number of piperazine rings is 1. The molecule has 6 nitrogen and oxygen atoms in total. The van der Waals surface area contributed by atoms with Crippen LogP contribution in [0, 0.1) is 20.8 Å².